The van der Waals surface area contributed by atoms with Gasteiger partial charge in [-0.3, -0.25) is 4.79 Å². The Balaban J connectivity index is 1.71. The number of hydrogen-bond donors (Lipinski definition) is 0. The van der Waals surface area contributed by atoms with Crippen LogP contribution in [0.1, 0.15) is 21.1 Å². The third kappa shape index (κ3) is 3.58. The van der Waals surface area contributed by atoms with E-state index in [-0.39, 0.29) is 29.5 Å². The minimum atomic E-state index is -3.70. The number of piperazine rings is 1. The van der Waals surface area contributed by atoms with Gasteiger partial charge in [0.1, 0.15) is 11.5 Å². The van der Waals surface area contributed by atoms with Gasteiger partial charge in [-0.25, -0.2) is 17.8 Å². The molecule has 1 aliphatic rings. The van der Waals surface area contributed by atoms with Gasteiger partial charge in [0.15, 0.2) is 0 Å². The van der Waals surface area contributed by atoms with Gasteiger partial charge in [-0.05, 0) is 37.6 Å². The van der Waals surface area contributed by atoms with Gasteiger partial charge in [0.05, 0.1) is 9.90 Å². The van der Waals surface area contributed by atoms with Crippen LogP contribution in [0, 0.1) is 19.7 Å². The number of amides is 1. The molecule has 1 aromatic heterocycles. The third-order valence-electron chi connectivity index (χ3n) is 4.13. The van der Waals surface area contributed by atoms with Crippen molar-refractivity contribution >= 4 is 27.3 Å². The lowest BCUT2D eigenvalue weighted by atomic mass is 10.2. The molecule has 6 nitrogen and oxygen atoms in total. The van der Waals surface area contributed by atoms with Crippen molar-refractivity contribution < 1.29 is 17.6 Å². The Labute approximate surface area is 150 Å². The van der Waals surface area contributed by atoms with Gasteiger partial charge in [-0.2, -0.15) is 4.31 Å². The fourth-order valence-corrected chi connectivity index (χ4v) is 4.78. The van der Waals surface area contributed by atoms with Gasteiger partial charge in [0.25, 0.3) is 5.91 Å². The zero-order valence-electron chi connectivity index (χ0n) is 13.9. The highest BCUT2D eigenvalue weighted by Gasteiger charge is 2.31. The average Bonchev–Trinajstić information content (AvgIpc) is 3.03. The molecule has 1 fully saturated rings. The molecule has 0 spiro atoms. The molecule has 0 saturated carbocycles. The summed E-state index contributed by atoms with van der Waals surface area (Å²) in [5, 5.41) is 2.53. The van der Waals surface area contributed by atoms with Crippen molar-refractivity contribution in [2.75, 3.05) is 26.2 Å². The number of sulfonamides is 1. The molecular weight excluding hydrogens is 365 g/mol. The van der Waals surface area contributed by atoms with Gasteiger partial charge < -0.3 is 4.90 Å². The number of nitrogens with zero attached hydrogens (tertiary/aromatic N) is 3. The van der Waals surface area contributed by atoms with E-state index < -0.39 is 15.8 Å². The molecule has 2 aromatic rings. The molecule has 1 aliphatic heterocycles. The minimum Gasteiger partial charge on any atom is -0.335 e. The summed E-state index contributed by atoms with van der Waals surface area (Å²) >= 11 is 1.41. The van der Waals surface area contributed by atoms with E-state index in [4.69, 9.17) is 0 Å². The quantitative estimate of drug-likeness (QED) is 0.813. The molecule has 134 valence electrons. The number of benzene rings is 1. The molecule has 1 saturated heterocycles. The van der Waals surface area contributed by atoms with Crippen molar-refractivity contribution in [1.29, 1.82) is 0 Å². The van der Waals surface area contributed by atoms with E-state index in [1.807, 2.05) is 6.92 Å². The smallest absolute Gasteiger partial charge is 0.273 e. The fraction of sp³-hybridized carbons (Fsp3) is 0.375. The highest BCUT2D eigenvalue weighted by Crippen LogP contribution is 2.21. The molecule has 9 heteroatoms. The number of carbonyl (C=O) groups is 1. The molecule has 0 aliphatic carbocycles. The highest BCUT2D eigenvalue weighted by atomic mass is 32.2. The van der Waals surface area contributed by atoms with Gasteiger partial charge in [-0.1, -0.05) is 0 Å². The van der Waals surface area contributed by atoms with Gasteiger partial charge in [0.2, 0.25) is 10.0 Å². The number of hydrogen-bond acceptors (Lipinski definition) is 5. The van der Waals surface area contributed by atoms with Crippen LogP contribution < -0.4 is 0 Å². The maximum atomic E-state index is 13.4. The SMILES string of the molecule is Cc1nc(C(=O)N2CCN(S(=O)(=O)c3ccc(F)c(C)c3)CC2)cs1. The summed E-state index contributed by atoms with van der Waals surface area (Å²) < 4.78 is 40.1. The molecule has 0 atom stereocenters. The lowest BCUT2D eigenvalue weighted by Crippen LogP contribution is -2.50. The van der Waals surface area contributed by atoms with E-state index in [1.54, 1.807) is 10.3 Å². The van der Waals surface area contributed by atoms with Crippen molar-refractivity contribution in [2.24, 2.45) is 0 Å². The molecule has 0 N–H and O–H groups in total. The highest BCUT2D eigenvalue weighted by molar-refractivity contribution is 7.89. The Morgan fingerprint density at radius 1 is 1.20 bits per heavy atom. The Kier molecular flexibility index (Phi) is 4.90. The fourth-order valence-electron chi connectivity index (χ4n) is 2.68. The van der Waals surface area contributed by atoms with Gasteiger partial charge >= 0.3 is 0 Å². The molecule has 0 radical (unpaired) electrons. The van der Waals surface area contributed by atoms with Crippen molar-refractivity contribution in [2.45, 2.75) is 18.7 Å². The van der Waals surface area contributed by atoms with Crippen LogP contribution in [-0.4, -0.2) is 54.7 Å². The predicted octanol–water partition coefficient (Wildman–Crippen LogP) is 2.05. The van der Waals surface area contributed by atoms with Gasteiger partial charge in [-0.15, -0.1) is 11.3 Å². The number of thiazole rings is 1. The molecule has 3 rings (SSSR count). The second kappa shape index (κ2) is 6.81. The first-order valence-corrected chi connectivity index (χ1v) is 10.1. The van der Waals surface area contributed by atoms with Gasteiger partial charge in [0, 0.05) is 31.6 Å². The first-order valence-electron chi connectivity index (χ1n) is 7.77. The molecular formula is C16H18FN3O3S2. The van der Waals surface area contributed by atoms with Crippen LogP contribution >= 0.6 is 11.3 Å². The monoisotopic (exact) mass is 383 g/mol. The van der Waals surface area contributed by atoms with E-state index >= 15 is 0 Å². The summed E-state index contributed by atoms with van der Waals surface area (Å²) in [7, 11) is -3.70. The number of carbonyl (C=O) groups excluding carboxylic acids is 1. The number of aryl methyl sites for hydroxylation is 2. The van der Waals surface area contributed by atoms with Crippen molar-refractivity contribution in [3.63, 3.8) is 0 Å². The normalized spacial score (nSPS) is 16.2. The first-order chi connectivity index (χ1) is 11.8. The second-order valence-corrected chi connectivity index (χ2v) is 8.86. The van der Waals surface area contributed by atoms with E-state index in [0.29, 0.717) is 18.8 Å². The third-order valence-corrected chi connectivity index (χ3v) is 6.80. The molecule has 25 heavy (non-hydrogen) atoms. The Bertz CT molecular complexity index is 903. The number of halogens is 1. The number of aromatic nitrogens is 1. The maximum Gasteiger partial charge on any atom is 0.273 e. The summed E-state index contributed by atoms with van der Waals surface area (Å²) in [6.07, 6.45) is 0. The predicted molar refractivity (Wildman–Crippen MR) is 92.7 cm³/mol. The van der Waals surface area contributed by atoms with Crippen LogP contribution in [0.4, 0.5) is 4.39 Å². The summed E-state index contributed by atoms with van der Waals surface area (Å²) in [5.74, 6) is -0.619. The standard InChI is InChI=1S/C16H18FN3O3S2/c1-11-9-13(3-4-14(11)17)25(22,23)20-7-5-19(6-8-20)16(21)15-10-24-12(2)18-15/h3-4,9-10H,5-8H2,1-2H3. The zero-order valence-corrected chi connectivity index (χ0v) is 15.5. The van der Waals surface area contributed by atoms with Crippen LogP contribution in [0.25, 0.3) is 0 Å². The summed E-state index contributed by atoms with van der Waals surface area (Å²) in [4.78, 5) is 18.2. The first kappa shape index (κ1) is 18.0. The van der Waals surface area contributed by atoms with Crippen molar-refractivity contribution in [3.8, 4) is 0 Å². The van der Waals surface area contributed by atoms with E-state index in [2.05, 4.69) is 4.98 Å². The second-order valence-electron chi connectivity index (χ2n) is 5.86. The molecule has 0 unspecified atom stereocenters. The average molecular weight is 383 g/mol. The van der Waals surface area contributed by atoms with Crippen molar-refractivity contribution in [3.05, 3.63) is 45.7 Å². The molecule has 1 amide bonds. The van der Waals surface area contributed by atoms with Crippen LogP contribution in [-0.2, 0) is 10.0 Å². The van der Waals surface area contributed by atoms with E-state index in [9.17, 15) is 17.6 Å². The van der Waals surface area contributed by atoms with E-state index in [0.717, 1.165) is 11.1 Å². The lowest BCUT2D eigenvalue weighted by molar-refractivity contribution is 0.0692. The van der Waals surface area contributed by atoms with Crippen LogP contribution in [0.3, 0.4) is 0 Å². The molecule has 1 aromatic carbocycles. The summed E-state index contributed by atoms with van der Waals surface area (Å²) in [5.41, 5.74) is 0.682. The Morgan fingerprint density at radius 3 is 2.44 bits per heavy atom. The summed E-state index contributed by atoms with van der Waals surface area (Å²) in [6.45, 7) is 4.36. The molecule has 2 heterocycles. The Hall–Kier alpha value is -1.84. The lowest BCUT2D eigenvalue weighted by Gasteiger charge is -2.33. The minimum absolute atomic E-state index is 0.0707. The zero-order chi connectivity index (χ0) is 18.2. The van der Waals surface area contributed by atoms with Crippen LogP contribution in [0.15, 0.2) is 28.5 Å². The molecule has 0 bridgehead atoms. The van der Waals surface area contributed by atoms with Crippen molar-refractivity contribution in [1.82, 2.24) is 14.2 Å². The van der Waals surface area contributed by atoms with E-state index in [1.165, 1.54) is 34.7 Å². The number of rotatable bonds is 3. The topological polar surface area (TPSA) is 70.6 Å². The van der Waals surface area contributed by atoms with Crippen LogP contribution in [0.2, 0.25) is 0 Å². The largest absolute Gasteiger partial charge is 0.335 e. The van der Waals surface area contributed by atoms with Crippen LogP contribution in [0.5, 0.6) is 0 Å². The maximum absolute atomic E-state index is 13.4. The summed E-state index contributed by atoms with van der Waals surface area (Å²) in [6, 6.07) is 3.76. The Morgan fingerprint density at radius 2 is 1.88 bits per heavy atom.